The molecule has 1 N–H and O–H groups in total. The number of allylic oxidation sites excluding steroid dienone is 12. The van der Waals surface area contributed by atoms with Crippen molar-refractivity contribution in [3.8, 4) is 0 Å². The van der Waals surface area contributed by atoms with Crippen LogP contribution in [0.15, 0.2) is 72.9 Å². The van der Waals surface area contributed by atoms with Gasteiger partial charge in [-0.15, -0.1) is 0 Å². The van der Waals surface area contributed by atoms with E-state index >= 15 is 0 Å². The van der Waals surface area contributed by atoms with E-state index in [0.29, 0.717) is 13.0 Å². The number of carbonyl (C=O) groups is 1. The number of carbonyl (C=O) groups excluding carboxylic acids is 1. The fraction of sp³-hybridized carbons (Fsp3) is 0.717. The van der Waals surface area contributed by atoms with Gasteiger partial charge in [-0.05, 0) is 77.0 Å². The Labute approximate surface area is 310 Å². The van der Waals surface area contributed by atoms with Gasteiger partial charge < -0.3 is 14.6 Å². The van der Waals surface area contributed by atoms with E-state index in [0.717, 1.165) is 57.8 Å². The maximum Gasteiger partial charge on any atom is 0.306 e. The topological polar surface area (TPSA) is 55.8 Å². The SMILES string of the molecule is CC/C=C\C/C=C\C/C=C\C/C=C\CCCCCCCCCCCCC(=O)OC(CO)COCCCCCCCC/C=C\C/C=C\CCCC. The first-order chi connectivity index (χ1) is 24.7. The Bertz CT molecular complexity index is 865. The average molecular weight is 697 g/mol. The lowest BCUT2D eigenvalue weighted by Crippen LogP contribution is -2.27. The van der Waals surface area contributed by atoms with Crippen molar-refractivity contribution in [3.05, 3.63) is 72.9 Å². The third-order valence-electron chi connectivity index (χ3n) is 8.77. The Balaban J connectivity index is 3.47. The van der Waals surface area contributed by atoms with E-state index in [-0.39, 0.29) is 19.2 Å². The summed E-state index contributed by atoms with van der Waals surface area (Å²) in [5.74, 6) is -0.212. The molecule has 0 radical (unpaired) electrons. The summed E-state index contributed by atoms with van der Waals surface area (Å²) in [7, 11) is 0. The minimum atomic E-state index is -0.545. The third-order valence-corrected chi connectivity index (χ3v) is 8.77. The van der Waals surface area contributed by atoms with Crippen molar-refractivity contribution in [2.24, 2.45) is 0 Å². The molecule has 1 unspecified atom stereocenters. The molecule has 0 spiro atoms. The lowest BCUT2D eigenvalue weighted by atomic mass is 10.0. The quantitative estimate of drug-likeness (QED) is 0.0397. The first-order valence-electron chi connectivity index (χ1n) is 21.0. The van der Waals surface area contributed by atoms with Crippen LogP contribution in [0.1, 0.15) is 187 Å². The molecule has 0 aliphatic carbocycles. The highest BCUT2D eigenvalue weighted by atomic mass is 16.6. The molecule has 288 valence electrons. The highest BCUT2D eigenvalue weighted by Crippen LogP contribution is 2.13. The maximum absolute atomic E-state index is 12.2. The first-order valence-corrected chi connectivity index (χ1v) is 21.0. The second-order valence-electron chi connectivity index (χ2n) is 13.7. The lowest BCUT2D eigenvalue weighted by molar-refractivity contribution is -0.154. The molecule has 0 heterocycles. The normalized spacial score (nSPS) is 13.1. The van der Waals surface area contributed by atoms with Gasteiger partial charge in [0.05, 0.1) is 13.2 Å². The van der Waals surface area contributed by atoms with Gasteiger partial charge in [-0.2, -0.15) is 0 Å². The minimum absolute atomic E-state index is 0.181. The second kappa shape index (κ2) is 43.0. The standard InChI is InChI=1S/C46H80O4/c1-3-5-7-9-11-13-15-17-19-20-21-22-23-24-25-26-27-29-31-33-35-37-39-41-46(48)50-45(43-47)44-49-42-40-38-36-34-32-30-28-18-16-14-12-10-8-6-4-2/h5,7,10-13,16-19,21-22,45,47H,3-4,6,8-9,14-15,20,23-44H2,1-2H3/b7-5-,12-10-,13-11-,18-16-,19-17-,22-21-. The molecule has 0 fully saturated rings. The second-order valence-corrected chi connectivity index (χ2v) is 13.7. The largest absolute Gasteiger partial charge is 0.457 e. The van der Waals surface area contributed by atoms with Crippen LogP contribution in [-0.2, 0) is 14.3 Å². The molecule has 4 nitrogen and oxygen atoms in total. The number of hydrogen-bond donors (Lipinski definition) is 1. The molecule has 0 amide bonds. The van der Waals surface area contributed by atoms with Crippen molar-refractivity contribution in [2.75, 3.05) is 19.8 Å². The number of unbranched alkanes of at least 4 members (excludes halogenated alkanes) is 18. The van der Waals surface area contributed by atoms with Gasteiger partial charge in [0.2, 0.25) is 0 Å². The zero-order valence-corrected chi connectivity index (χ0v) is 32.9. The molecule has 1 atom stereocenters. The molecule has 0 saturated heterocycles. The number of ether oxygens (including phenoxy) is 2. The average Bonchev–Trinajstić information content (AvgIpc) is 3.12. The van der Waals surface area contributed by atoms with Gasteiger partial charge in [-0.25, -0.2) is 0 Å². The third kappa shape index (κ3) is 40.3. The van der Waals surface area contributed by atoms with Gasteiger partial charge in [0.15, 0.2) is 0 Å². The van der Waals surface area contributed by atoms with Gasteiger partial charge in [-0.3, -0.25) is 4.79 Å². The summed E-state index contributed by atoms with van der Waals surface area (Å²) in [5, 5.41) is 9.59. The van der Waals surface area contributed by atoms with Crippen molar-refractivity contribution in [1.82, 2.24) is 0 Å². The van der Waals surface area contributed by atoms with E-state index in [1.807, 2.05) is 0 Å². The van der Waals surface area contributed by atoms with Crippen LogP contribution in [0.5, 0.6) is 0 Å². The fourth-order valence-corrected chi connectivity index (χ4v) is 5.63. The molecule has 50 heavy (non-hydrogen) atoms. The number of hydrogen-bond acceptors (Lipinski definition) is 4. The molecule has 0 aliphatic heterocycles. The van der Waals surface area contributed by atoms with Crippen molar-refractivity contribution < 1.29 is 19.4 Å². The Morgan fingerprint density at radius 3 is 1.36 bits per heavy atom. The maximum atomic E-state index is 12.2. The van der Waals surface area contributed by atoms with Crippen molar-refractivity contribution in [3.63, 3.8) is 0 Å². The van der Waals surface area contributed by atoms with Crippen LogP contribution in [0.2, 0.25) is 0 Å². The minimum Gasteiger partial charge on any atom is -0.457 e. The van der Waals surface area contributed by atoms with E-state index in [1.165, 1.54) is 109 Å². The predicted octanol–water partition coefficient (Wildman–Crippen LogP) is 13.8. The molecular weight excluding hydrogens is 617 g/mol. The Kier molecular flexibility index (Phi) is 41.1. The van der Waals surface area contributed by atoms with Gasteiger partial charge in [0.1, 0.15) is 6.10 Å². The van der Waals surface area contributed by atoms with Crippen LogP contribution in [0.3, 0.4) is 0 Å². The molecule has 4 heteroatoms. The monoisotopic (exact) mass is 697 g/mol. The molecule has 0 aromatic rings. The zero-order valence-electron chi connectivity index (χ0n) is 32.9. The molecule has 0 aromatic carbocycles. The van der Waals surface area contributed by atoms with Crippen molar-refractivity contribution >= 4 is 5.97 Å². The summed E-state index contributed by atoms with van der Waals surface area (Å²) in [6.45, 7) is 5.17. The summed E-state index contributed by atoms with van der Waals surface area (Å²) >= 11 is 0. The van der Waals surface area contributed by atoms with Crippen LogP contribution < -0.4 is 0 Å². The lowest BCUT2D eigenvalue weighted by Gasteiger charge is -2.15. The summed E-state index contributed by atoms with van der Waals surface area (Å²) in [6, 6.07) is 0. The van der Waals surface area contributed by atoms with Gasteiger partial charge in [-0.1, -0.05) is 177 Å². The molecule has 0 aliphatic rings. The summed E-state index contributed by atoms with van der Waals surface area (Å²) in [6.07, 6.45) is 58.1. The van der Waals surface area contributed by atoms with E-state index in [2.05, 4.69) is 86.8 Å². The summed E-state index contributed by atoms with van der Waals surface area (Å²) < 4.78 is 11.1. The molecule has 0 bridgehead atoms. The fourth-order valence-electron chi connectivity index (χ4n) is 5.63. The van der Waals surface area contributed by atoms with Crippen LogP contribution in [0, 0.1) is 0 Å². The molecule has 0 aromatic heterocycles. The van der Waals surface area contributed by atoms with Crippen LogP contribution in [0.25, 0.3) is 0 Å². The molecular formula is C46H80O4. The number of aliphatic hydroxyl groups is 1. The molecule has 0 saturated carbocycles. The first kappa shape index (κ1) is 47.8. The number of rotatable bonds is 38. The smallest absolute Gasteiger partial charge is 0.306 e. The Hall–Kier alpha value is -2.17. The number of esters is 1. The summed E-state index contributed by atoms with van der Waals surface area (Å²) in [4.78, 5) is 12.2. The van der Waals surface area contributed by atoms with Crippen molar-refractivity contribution in [1.29, 1.82) is 0 Å². The van der Waals surface area contributed by atoms with E-state index in [9.17, 15) is 9.90 Å². The summed E-state index contributed by atoms with van der Waals surface area (Å²) in [5.41, 5.74) is 0. The molecule has 0 rings (SSSR count). The predicted molar refractivity (Wildman–Crippen MR) is 219 cm³/mol. The zero-order chi connectivity index (χ0) is 36.3. The van der Waals surface area contributed by atoms with Gasteiger partial charge in [0, 0.05) is 13.0 Å². The van der Waals surface area contributed by atoms with E-state index < -0.39 is 6.10 Å². The van der Waals surface area contributed by atoms with Crippen LogP contribution in [-0.4, -0.2) is 37.0 Å². The van der Waals surface area contributed by atoms with Crippen LogP contribution >= 0.6 is 0 Å². The highest BCUT2D eigenvalue weighted by Gasteiger charge is 2.13. The van der Waals surface area contributed by atoms with Crippen molar-refractivity contribution in [2.45, 2.75) is 193 Å². The number of aliphatic hydroxyl groups excluding tert-OH is 1. The van der Waals surface area contributed by atoms with E-state index in [1.54, 1.807) is 0 Å². The highest BCUT2D eigenvalue weighted by molar-refractivity contribution is 5.69. The Morgan fingerprint density at radius 2 is 0.900 bits per heavy atom. The van der Waals surface area contributed by atoms with E-state index in [4.69, 9.17) is 9.47 Å². The Morgan fingerprint density at radius 1 is 0.500 bits per heavy atom. The van der Waals surface area contributed by atoms with Gasteiger partial charge >= 0.3 is 5.97 Å². The van der Waals surface area contributed by atoms with Gasteiger partial charge in [0.25, 0.3) is 0 Å². The van der Waals surface area contributed by atoms with Crippen LogP contribution in [0.4, 0.5) is 0 Å².